The van der Waals surface area contributed by atoms with Gasteiger partial charge in [0.2, 0.25) is 10.0 Å². The molecule has 0 aromatic carbocycles. The number of halogens is 1. The molecular formula is C12H17BrN2O2S. The number of pyridine rings is 1. The van der Waals surface area contributed by atoms with Crippen molar-refractivity contribution in [3.63, 3.8) is 0 Å². The van der Waals surface area contributed by atoms with Crippen molar-refractivity contribution in [1.29, 1.82) is 0 Å². The van der Waals surface area contributed by atoms with E-state index in [9.17, 15) is 8.42 Å². The van der Waals surface area contributed by atoms with E-state index in [2.05, 4.69) is 20.9 Å². The summed E-state index contributed by atoms with van der Waals surface area (Å²) in [5, 5.41) is 0. The van der Waals surface area contributed by atoms with E-state index < -0.39 is 10.0 Å². The third kappa shape index (κ3) is 3.76. The zero-order valence-corrected chi connectivity index (χ0v) is 12.7. The summed E-state index contributed by atoms with van der Waals surface area (Å²) in [6, 6.07) is 4.01. The van der Waals surface area contributed by atoms with Crippen molar-refractivity contribution < 1.29 is 8.42 Å². The Morgan fingerprint density at radius 3 is 2.56 bits per heavy atom. The molecule has 0 saturated carbocycles. The van der Waals surface area contributed by atoms with Gasteiger partial charge >= 0.3 is 0 Å². The van der Waals surface area contributed by atoms with Crippen LogP contribution in [-0.4, -0.2) is 37.1 Å². The fourth-order valence-electron chi connectivity index (χ4n) is 2.27. The molecule has 18 heavy (non-hydrogen) atoms. The second-order valence-corrected chi connectivity index (χ2v) is 7.68. The molecule has 1 aromatic heterocycles. The predicted molar refractivity (Wildman–Crippen MR) is 74.8 cm³/mol. The lowest BCUT2D eigenvalue weighted by Crippen LogP contribution is -2.38. The van der Waals surface area contributed by atoms with Crippen molar-refractivity contribution >= 4 is 26.0 Å². The van der Waals surface area contributed by atoms with Crippen molar-refractivity contribution in [3.05, 3.63) is 28.5 Å². The zero-order chi connectivity index (χ0) is 13.2. The SMILES string of the molecule is CS(=O)(=O)N1CCC(Cc2ccc(Br)cn2)CC1. The van der Waals surface area contributed by atoms with Gasteiger partial charge in [-0.3, -0.25) is 4.98 Å². The molecule has 1 aromatic rings. The summed E-state index contributed by atoms with van der Waals surface area (Å²) in [6.07, 6.45) is 5.87. The molecule has 4 nitrogen and oxygen atoms in total. The Morgan fingerprint density at radius 1 is 1.39 bits per heavy atom. The van der Waals surface area contributed by atoms with E-state index in [-0.39, 0.29) is 0 Å². The highest BCUT2D eigenvalue weighted by Gasteiger charge is 2.24. The summed E-state index contributed by atoms with van der Waals surface area (Å²) in [5.74, 6) is 0.539. The minimum atomic E-state index is -3.02. The highest BCUT2D eigenvalue weighted by Crippen LogP contribution is 2.22. The number of aromatic nitrogens is 1. The van der Waals surface area contributed by atoms with Crippen molar-refractivity contribution in [1.82, 2.24) is 9.29 Å². The van der Waals surface area contributed by atoms with E-state index in [0.29, 0.717) is 19.0 Å². The average Bonchev–Trinajstić information content (AvgIpc) is 2.32. The molecule has 1 aliphatic heterocycles. The molecular weight excluding hydrogens is 316 g/mol. The highest BCUT2D eigenvalue weighted by molar-refractivity contribution is 9.10. The van der Waals surface area contributed by atoms with Crippen LogP contribution >= 0.6 is 15.9 Å². The van der Waals surface area contributed by atoms with Gasteiger partial charge in [0.05, 0.1) is 6.26 Å². The van der Waals surface area contributed by atoms with E-state index in [0.717, 1.165) is 29.4 Å². The summed E-state index contributed by atoms with van der Waals surface area (Å²) in [6.45, 7) is 1.28. The highest BCUT2D eigenvalue weighted by atomic mass is 79.9. The van der Waals surface area contributed by atoms with E-state index in [1.807, 2.05) is 12.1 Å². The molecule has 1 fully saturated rings. The first-order chi connectivity index (χ1) is 8.45. The maximum Gasteiger partial charge on any atom is 0.211 e. The van der Waals surface area contributed by atoms with Crippen LogP contribution in [0.4, 0.5) is 0 Å². The Bertz CT molecular complexity index is 493. The molecule has 0 N–H and O–H groups in total. The second kappa shape index (κ2) is 5.67. The molecule has 0 atom stereocenters. The van der Waals surface area contributed by atoms with Gasteiger partial charge in [-0.25, -0.2) is 12.7 Å². The van der Waals surface area contributed by atoms with Crippen LogP contribution in [0.3, 0.4) is 0 Å². The summed E-state index contributed by atoms with van der Waals surface area (Å²) in [4.78, 5) is 4.36. The largest absolute Gasteiger partial charge is 0.260 e. The van der Waals surface area contributed by atoms with Crippen molar-refractivity contribution in [3.8, 4) is 0 Å². The molecule has 2 heterocycles. The van der Waals surface area contributed by atoms with Gasteiger partial charge in [-0.15, -0.1) is 0 Å². The molecule has 0 amide bonds. The number of sulfonamides is 1. The Hall–Kier alpha value is -0.460. The quantitative estimate of drug-likeness (QED) is 0.851. The molecule has 0 unspecified atom stereocenters. The third-order valence-corrected chi connectivity index (χ3v) is 5.10. The smallest absolute Gasteiger partial charge is 0.211 e. The van der Waals surface area contributed by atoms with Gasteiger partial charge in [0.1, 0.15) is 0 Å². The van der Waals surface area contributed by atoms with E-state index in [4.69, 9.17) is 0 Å². The maximum atomic E-state index is 11.4. The fourth-order valence-corrected chi connectivity index (χ4v) is 3.38. The molecule has 0 spiro atoms. The summed E-state index contributed by atoms with van der Waals surface area (Å²) in [7, 11) is -3.02. The topological polar surface area (TPSA) is 50.3 Å². The third-order valence-electron chi connectivity index (χ3n) is 3.33. The van der Waals surface area contributed by atoms with Crippen LogP contribution in [0.25, 0.3) is 0 Å². The van der Waals surface area contributed by atoms with Crippen LogP contribution < -0.4 is 0 Å². The summed E-state index contributed by atoms with van der Waals surface area (Å²) >= 11 is 3.36. The van der Waals surface area contributed by atoms with Crippen LogP contribution in [0.15, 0.2) is 22.8 Å². The average molecular weight is 333 g/mol. The first-order valence-electron chi connectivity index (χ1n) is 6.01. The normalized spacial score (nSPS) is 19.0. The van der Waals surface area contributed by atoms with Gasteiger partial charge < -0.3 is 0 Å². The molecule has 0 radical (unpaired) electrons. The number of rotatable bonds is 3. The van der Waals surface area contributed by atoms with Gasteiger partial charge in [0.15, 0.2) is 0 Å². The van der Waals surface area contributed by atoms with Crippen LogP contribution in [0.2, 0.25) is 0 Å². The van der Waals surface area contributed by atoms with Gasteiger partial charge in [-0.05, 0) is 53.2 Å². The molecule has 0 bridgehead atoms. The molecule has 1 saturated heterocycles. The van der Waals surface area contributed by atoms with Crippen LogP contribution in [-0.2, 0) is 16.4 Å². The van der Waals surface area contributed by atoms with E-state index >= 15 is 0 Å². The van der Waals surface area contributed by atoms with Gasteiger partial charge in [-0.2, -0.15) is 0 Å². The Morgan fingerprint density at radius 2 is 2.06 bits per heavy atom. The number of hydrogen-bond acceptors (Lipinski definition) is 3. The van der Waals surface area contributed by atoms with Crippen molar-refractivity contribution in [2.45, 2.75) is 19.3 Å². The molecule has 6 heteroatoms. The van der Waals surface area contributed by atoms with Crippen molar-refractivity contribution in [2.75, 3.05) is 19.3 Å². The van der Waals surface area contributed by atoms with E-state index in [1.165, 1.54) is 6.26 Å². The molecule has 2 rings (SSSR count). The molecule has 0 aliphatic carbocycles. The van der Waals surface area contributed by atoms with Crippen LogP contribution in [0, 0.1) is 5.92 Å². The van der Waals surface area contributed by atoms with Crippen LogP contribution in [0.5, 0.6) is 0 Å². The molecule has 100 valence electrons. The summed E-state index contributed by atoms with van der Waals surface area (Å²) < 4.78 is 25.3. The van der Waals surface area contributed by atoms with Gasteiger partial charge in [0.25, 0.3) is 0 Å². The maximum absolute atomic E-state index is 11.4. The Labute approximate surface area is 117 Å². The molecule has 1 aliphatic rings. The lowest BCUT2D eigenvalue weighted by molar-refractivity contribution is 0.273. The number of nitrogens with zero attached hydrogens (tertiary/aromatic N) is 2. The minimum absolute atomic E-state index is 0.539. The second-order valence-electron chi connectivity index (χ2n) is 4.78. The first kappa shape index (κ1) is 14.0. The van der Waals surface area contributed by atoms with Crippen molar-refractivity contribution in [2.24, 2.45) is 5.92 Å². The lowest BCUT2D eigenvalue weighted by Gasteiger charge is -2.30. The number of piperidine rings is 1. The lowest BCUT2D eigenvalue weighted by atomic mass is 9.93. The van der Waals surface area contributed by atoms with E-state index in [1.54, 1.807) is 10.5 Å². The number of hydrogen-bond donors (Lipinski definition) is 0. The first-order valence-corrected chi connectivity index (χ1v) is 8.65. The monoisotopic (exact) mass is 332 g/mol. The van der Waals surface area contributed by atoms with Gasteiger partial charge in [0, 0.05) is 29.5 Å². The zero-order valence-electron chi connectivity index (χ0n) is 10.3. The Balaban J connectivity index is 1.89. The minimum Gasteiger partial charge on any atom is -0.260 e. The summed E-state index contributed by atoms with van der Waals surface area (Å²) in [5.41, 5.74) is 1.08. The predicted octanol–water partition coefficient (Wildman–Crippen LogP) is 2.06. The van der Waals surface area contributed by atoms with Crippen LogP contribution in [0.1, 0.15) is 18.5 Å². The Kier molecular flexibility index (Phi) is 4.40. The standard InChI is InChI=1S/C12H17BrN2O2S/c1-18(16,17)15-6-4-10(5-7-15)8-12-3-2-11(13)9-14-12/h2-3,9-10H,4-8H2,1H3. The van der Waals surface area contributed by atoms with Gasteiger partial charge in [-0.1, -0.05) is 0 Å². The fraction of sp³-hybridized carbons (Fsp3) is 0.583.